The number of rotatable bonds is 0. The van der Waals surface area contributed by atoms with E-state index in [1.165, 1.54) is 12.8 Å². The van der Waals surface area contributed by atoms with Gasteiger partial charge < -0.3 is 0 Å². The SMILES string of the molecule is CC.CC1C(C)C(C)C(C)C1C.CC1CC(C)C(C)C1C.CCC. The van der Waals surface area contributed by atoms with Gasteiger partial charge in [-0.25, -0.2) is 0 Å². The summed E-state index contributed by atoms with van der Waals surface area (Å²) < 4.78 is 0. The summed E-state index contributed by atoms with van der Waals surface area (Å²) in [5.74, 6) is 8.53. The van der Waals surface area contributed by atoms with Crippen LogP contribution in [0.4, 0.5) is 0 Å². The Kier molecular flexibility index (Phi) is 14.5. The third-order valence-electron chi connectivity index (χ3n) is 7.51. The molecule has 2 rings (SSSR count). The van der Waals surface area contributed by atoms with E-state index in [1.54, 1.807) is 0 Å². The maximum absolute atomic E-state index is 2.40. The van der Waals surface area contributed by atoms with Crippen LogP contribution in [0.5, 0.6) is 0 Å². The van der Waals surface area contributed by atoms with E-state index < -0.39 is 0 Å². The summed E-state index contributed by atoms with van der Waals surface area (Å²) in [6.45, 7) is 29.8. The van der Waals surface area contributed by atoms with Crippen LogP contribution in [-0.2, 0) is 0 Å². The molecule has 0 saturated heterocycles. The van der Waals surface area contributed by atoms with Gasteiger partial charge in [0, 0.05) is 0 Å². The molecule has 0 radical (unpaired) electrons. The lowest BCUT2D eigenvalue weighted by atomic mass is 9.92. The average molecular weight is 341 g/mol. The van der Waals surface area contributed by atoms with E-state index >= 15 is 0 Å². The van der Waals surface area contributed by atoms with Gasteiger partial charge in [0.25, 0.3) is 0 Å². The van der Waals surface area contributed by atoms with Crippen molar-refractivity contribution in [3.8, 4) is 0 Å². The molecule has 0 heterocycles. The molecule has 4 atom stereocenters. The van der Waals surface area contributed by atoms with Gasteiger partial charge in [0.05, 0.1) is 0 Å². The summed E-state index contributed by atoms with van der Waals surface area (Å²) >= 11 is 0. The molecule has 2 aliphatic carbocycles. The van der Waals surface area contributed by atoms with Crippen LogP contribution in [-0.4, -0.2) is 0 Å². The van der Waals surface area contributed by atoms with Gasteiger partial charge in [-0.1, -0.05) is 96.4 Å². The topological polar surface area (TPSA) is 0 Å². The lowest BCUT2D eigenvalue weighted by Gasteiger charge is -2.14. The van der Waals surface area contributed by atoms with E-state index in [-0.39, 0.29) is 0 Å². The van der Waals surface area contributed by atoms with E-state index in [0.29, 0.717) is 0 Å². The molecular formula is C24H52. The predicted molar refractivity (Wildman–Crippen MR) is 114 cm³/mol. The molecular weight excluding hydrogens is 288 g/mol. The van der Waals surface area contributed by atoms with Gasteiger partial charge in [-0.3, -0.25) is 0 Å². The highest BCUT2D eigenvalue weighted by Crippen LogP contribution is 2.44. The standard InChI is InChI=1S/C10H20.C9H18.C3H8.C2H6/c1-6-7(2)9(4)10(5)8(6)3;1-6-5-7(2)9(4)8(6)3;1-3-2;1-2/h6-10H,1-5H3;6-9H,5H2,1-4H3;3H2,1-2H3;1-2H3. The van der Waals surface area contributed by atoms with Crippen molar-refractivity contribution in [3.05, 3.63) is 0 Å². The van der Waals surface area contributed by atoms with Crippen molar-refractivity contribution in [2.24, 2.45) is 53.3 Å². The van der Waals surface area contributed by atoms with Crippen LogP contribution in [0.1, 0.15) is 103 Å². The monoisotopic (exact) mass is 340 g/mol. The zero-order chi connectivity index (χ0) is 19.6. The molecule has 24 heavy (non-hydrogen) atoms. The molecule has 2 saturated carbocycles. The Morgan fingerprint density at radius 3 is 0.708 bits per heavy atom. The van der Waals surface area contributed by atoms with Crippen LogP contribution in [0.3, 0.4) is 0 Å². The van der Waals surface area contributed by atoms with Gasteiger partial charge in [0.15, 0.2) is 0 Å². The number of hydrogen-bond donors (Lipinski definition) is 0. The molecule has 2 fully saturated rings. The summed E-state index contributed by atoms with van der Waals surface area (Å²) in [7, 11) is 0. The zero-order valence-corrected chi connectivity index (χ0v) is 19.6. The molecule has 2 aliphatic rings. The summed E-state index contributed by atoms with van der Waals surface area (Å²) in [5, 5.41) is 0. The van der Waals surface area contributed by atoms with Crippen molar-refractivity contribution in [2.45, 2.75) is 103 Å². The third-order valence-corrected chi connectivity index (χ3v) is 7.51. The van der Waals surface area contributed by atoms with Gasteiger partial charge in [-0.2, -0.15) is 0 Å². The molecule has 0 heteroatoms. The fourth-order valence-corrected chi connectivity index (χ4v) is 4.45. The maximum Gasteiger partial charge on any atom is -0.0386 e. The van der Waals surface area contributed by atoms with E-state index in [9.17, 15) is 0 Å². The highest BCUT2D eigenvalue weighted by molar-refractivity contribution is 4.86. The van der Waals surface area contributed by atoms with E-state index in [0.717, 1.165) is 53.3 Å². The second-order valence-corrected chi connectivity index (χ2v) is 8.91. The molecule has 0 aliphatic heterocycles. The largest absolute Gasteiger partial charge is 0.0683 e. The maximum atomic E-state index is 2.40. The Hall–Kier alpha value is 0. The molecule has 148 valence electrons. The highest BCUT2D eigenvalue weighted by atomic mass is 14.4. The molecule has 0 amide bonds. The predicted octanol–water partition coefficient (Wildman–Crippen LogP) is 8.56. The molecule has 0 N–H and O–H groups in total. The second-order valence-electron chi connectivity index (χ2n) is 8.91. The van der Waals surface area contributed by atoms with Gasteiger partial charge in [0.1, 0.15) is 0 Å². The van der Waals surface area contributed by atoms with Crippen molar-refractivity contribution in [2.75, 3.05) is 0 Å². The van der Waals surface area contributed by atoms with Crippen LogP contribution in [0.25, 0.3) is 0 Å². The minimum absolute atomic E-state index is 0.935. The van der Waals surface area contributed by atoms with Crippen molar-refractivity contribution in [1.29, 1.82) is 0 Å². The molecule has 0 bridgehead atoms. The lowest BCUT2D eigenvalue weighted by molar-refractivity contribution is 0.352. The summed E-state index contributed by atoms with van der Waals surface area (Å²) in [4.78, 5) is 0. The van der Waals surface area contributed by atoms with E-state index in [1.807, 2.05) is 13.8 Å². The molecule has 0 nitrogen and oxygen atoms in total. The fourth-order valence-electron chi connectivity index (χ4n) is 4.45. The molecule has 0 aromatic rings. The Labute approximate surface area is 156 Å². The van der Waals surface area contributed by atoms with Gasteiger partial charge in [0.2, 0.25) is 0 Å². The van der Waals surface area contributed by atoms with Gasteiger partial charge in [-0.05, 0) is 59.7 Å². The van der Waals surface area contributed by atoms with Crippen molar-refractivity contribution >= 4 is 0 Å². The first-order valence-corrected chi connectivity index (χ1v) is 11.1. The Morgan fingerprint density at radius 1 is 0.458 bits per heavy atom. The minimum atomic E-state index is 0.935. The summed E-state index contributed by atoms with van der Waals surface area (Å²) in [5.41, 5.74) is 0. The van der Waals surface area contributed by atoms with Gasteiger partial charge in [-0.15, -0.1) is 0 Å². The van der Waals surface area contributed by atoms with Crippen molar-refractivity contribution in [1.82, 2.24) is 0 Å². The van der Waals surface area contributed by atoms with Crippen molar-refractivity contribution in [3.63, 3.8) is 0 Å². The molecule has 0 spiro atoms. The first-order valence-electron chi connectivity index (χ1n) is 11.1. The fraction of sp³-hybridized carbons (Fsp3) is 1.00. The Bertz CT molecular complexity index is 225. The van der Waals surface area contributed by atoms with Crippen molar-refractivity contribution < 1.29 is 0 Å². The summed E-state index contributed by atoms with van der Waals surface area (Å²) in [6, 6.07) is 0. The first-order chi connectivity index (χ1) is 11.1. The third kappa shape index (κ3) is 7.49. The Morgan fingerprint density at radius 2 is 0.625 bits per heavy atom. The molecule has 0 aromatic carbocycles. The molecule has 0 aromatic heterocycles. The Balaban J connectivity index is 0. The lowest BCUT2D eigenvalue weighted by Crippen LogP contribution is -2.07. The van der Waals surface area contributed by atoms with E-state index in [4.69, 9.17) is 0 Å². The zero-order valence-electron chi connectivity index (χ0n) is 19.6. The highest BCUT2D eigenvalue weighted by Gasteiger charge is 2.38. The van der Waals surface area contributed by atoms with Crippen LogP contribution in [0, 0.1) is 53.3 Å². The second kappa shape index (κ2) is 13.2. The smallest absolute Gasteiger partial charge is 0.0386 e. The normalized spacial score (nSPS) is 43.6. The van der Waals surface area contributed by atoms with Gasteiger partial charge >= 0.3 is 0 Å². The van der Waals surface area contributed by atoms with Crippen LogP contribution >= 0.6 is 0 Å². The summed E-state index contributed by atoms with van der Waals surface area (Å²) in [6.07, 6.45) is 2.70. The average Bonchev–Trinajstić information content (AvgIpc) is 2.88. The first kappa shape index (κ1) is 26.2. The van der Waals surface area contributed by atoms with E-state index in [2.05, 4.69) is 76.2 Å². The minimum Gasteiger partial charge on any atom is -0.0683 e. The van der Waals surface area contributed by atoms with Crippen LogP contribution < -0.4 is 0 Å². The van der Waals surface area contributed by atoms with Crippen LogP contribution in [0.2, 0.25) is 0 Å². The molecule has 4 unspecified atom stereocenters. The quantitative estimate of drug-likeness (QED) is 0.414. The van der Waals surface area contributed by atoms with Crippen LogP contribution in [0.15, 0.2) is 0 Å². The number of hydrogen-bond acceptors (Lipinski definition) is 0.